The van der Waals surface area contributed by atoms with Gasteiger partial charge in [0.25, 0.3) is 0 Å². The van der Waals surface area contributed by atoms with Gasteiger partial charge in [-0.25, -0.2) is 4.79 Å². The van der Waals surface area contributed by atoms with E-state index in [1.165, 1.54) is 0 Å². The second-order valence-corrected chi connectivity index (χ2v) is 6.27. The lowest BCUT2D eigenvalue weighted by atomic mass is 9.84. The van der Waals surface area contributed by atoms with Gasteiger partial charge in [-0.05, 0) is 25.2 Å². The van der Waals surface area contributed by atoms with Gasteiger partial charge in [0.2, 0.25) is 0 Å². The van der Waals surface area contributed by atoms with E-state index in [-0.39, 0.29) is 23.7 Å². The second-order valence-electron chi connectivity index (χ2n) is 6.27. The average molecular weight is 323 g/mol. The molecule has 0 radical (unpaired) electrons. The van der Waals surface area contributed by atoms with Gasteiger partial charge in [0, 0.05) is 45.3 Å². The third kappa shape index (κ3) is 4.78. The molecule has 6 nitrogen and oxygen atoms in total. The Balaban J connectivity index is 2.06. The number of ether oxygens (including phenoxy) is 1. The summed E-state index contributed by atoms with van der Waals surface area (Å²) in [6, 6.07) is -0.570. The fraction of sp³-hybridized carbons (Fsp3) is 0.765. The summed E-state index contributed by atoms with van der Waals surface area (Å²) in [5.41, 5.74) is 0. The lowest BCUT2D eigenvalue weighted by Gasteiger charge is -2.34. The summed E-state index contributed by atoms with van der Waals surface area (Å²) in [6.07, 6.45) is 4.04. The van der Waals surface area contributed by atoms with Crippen LogP contribution < -0.4 is 10.6 Å². The summed E-state index contributed by atoms with van der Waals surface area (Å²) in [5.74, 6) is 0.0289. The van der Waals surface area contributed by atoms with E-state index in [0.717, 1.165) is 25.9 Å². The fourth-order valence-electron chi connectivity index (χ4n) is 3.28. The van der Waals surface area contributed by atoms with Gasteiger partial charge in [0.05, 0.1) is 6.04 Å². The van der Waals surface area contributed by atoms with Crippen molar-refractivity contribution in [2.75, 3.05) is 39.4 Å². The van der Waals surface area contributed by atoms with Crippen molar-refractivity contribution >= 4 is 11.8 Å². The molecule has 2 aliphatic heterocycles. The lowest BCUT2D eigenvalue weighted by molar-refractivity contribution is -0.125. The predicted molar refractivity (Wildman–Crippen MR) is 89.3 cm³/mol. The van der Waals surface area contributed by atoms with Crippen LogP contribution in [0.2, 0.25) is 0 Å². The van der Waals surface area contributed by atoms with Crippen molar-refractivity contribution in [1.82, 2.24) is 15.5 Å². The summed E-state index contributed by atoms with van der Waals surface area (Å²) in [6.45, 7) is 10.0. The van der Waals surface area contributed by atoms with Crippen LogP contribution in [0.4, 0.5) is 4.79 Å². The molecule has 0 spiro atoms. The number of piperazine rings is 1. The first-order valence-corrected chi connectivity index (χ1v) is 8.67. The van der Waals surface area contributed by atoms with Crippen LogP contribution in [-0.4, -0.2) is 62.1 Å². The Morgan fingerprint density at radius 3 is 2.57 bits per heavy atom. The number of amides is 2. The van der Waals surface area contributed by atoms with Crippen LogP contribution >= 0.6 is 0 Å². The van der Waals surface area contributed by atoms with Gasteiger partial charge in [-0.15, -0.1) is 6.58 Å². The van der Waals surface area contributed by atoms with Gasteiger partial charge in [0.15, 0.2) is 5.78 Å². The first-order valence-electron chi connectivity index (χ1n) is 8.67. The molecular formula is C17H29N3O3. The third-order valence-electron chi connectivity index (χ3n) is 4.82. The molecule has 0 aliphatic carbocycles. The normalized spacial score (nSPS) is 22.2. The standard InChI is InChI=1S/C17H29N3O3/c1-3-13(4-2)16(21)15(14-5-11-23-12-6-14)19-17(22)20-9-7-18-8-10-20/h3,13-15,18H,1,4-12H2,2H3,(H,19,22)/t13?,15-/m0/s1. The van der Waals surface area contributed by atoms with Gasteiger partial charge in [-0.1, -0.05) is 13.0 Å². The number of allylic oxidation sites excluding steroid dienone is 1. The van der Waals surface area contributed by atoms with E-state index in [9.17, 15) is 9.59 Å². The number of ketones is 1. The monoisotopic (exact) mass is 323 g/mol. The molecule has 0 aromatic carbocycles. The summed E-state index contributed by atoms with van der Waals surface area (Å²) in [4.78, 5) is 27.2. The fourth-order valence-corrected chi connectivity index (χ4v) is 3.28. The van der Waals surface area contributed by atoms with E-state index >= 15 is 0 Å². The maximum atomic E-state index is 12.9. The molecule has 6 heteroatoms. The zero-order chi connectivity index (χ0) is 16.7. The van der Waals surface area contributed by atoms with E-state index in [1.54, 1.807) is 11.0 Å². The molecule has 2 heterocycles. The number of hydrogen-bond acceptors (Lipinski definition) is 4. The van der Waals surface area contributed by atoms with Gasteiger partial charge in [-0.2, -0.15) is 0 Å². The zero-order valence-electron chi connectivity index (χ0n) is 14.1. The van der Waals surface area contributed by atoms with Crippen LogP contribution in [-0.2, 0) is 9.53 Å². The highest BCUT2D eigenvalue weighted by Gasteiger charge is 2.34. The molecule has 2 aliphatic rings. The van der Waals surface area contributed by atoms with E-state index in [1.807, 2.05) is 6.92 Å². The van der Waals surface area contributed by atoms with Crippen molar-refractivity contribution in [2.24, 2.45) is 11.8 Å². The maximum absolute atomic E-state index is 12.9. The van der Waals surface area contributed by atoms with Crippen molar-refractivity contribution in [1.29, 1.82) is 0 Å². The highest BCUT2D eigenvalue weighted by atomic mass is 16.5. The second kappa shape index (κ2) is 9.03. The molecule has 1 unspecified atom stereocenters. The van der Waals surface area contributed by atoms with E-state index < -0.39 is 6.04 Å². The summed E-state index contributed by atoms with van der Waals surface area (Å²) >= 11 is 0. The van der Waals surface area contributed by atoms with Crippen molar-refractivity contribution in [3.8, 4) is 0 Å². The Morgan fingerprint density at radius 1 is 1.35 bits per heavy atom. The molecule has 23 heavy (non-hydrogen) atoms. The van der Waals surface area contributed by atoms with Crippen molar-refractivity contribution in [3.05, 3.63) is 12.7 Å². The Kier molecular flexibility index (Phi) is 7.05. The van der Waals surface area contributed by atoms with Crippen LogP contribution in [0.15, 0.2) is 12.7 Å². The first-order chi connectivity index (χ1) is 11.2. The minimum absolute atomic E-state index is 0.0814. The van der Waals surface area contributed by atoms with Crippen molar-refractivity contribution in [3.63, 3.8) is 0 Å². The number of carbonyl (C=O) groups excluding carboxylic acids is 2. The zero-order valence-corrected chi connectivity index (χ0v) is 14.1. The number of Topliss-reactive ketones (excluding diaryl/α,β-unsaturated/α-hetero) is 1. The molecule has 0 aromatic rings. The molecule has 2 saturated heterocycles. The van der Waals surface area contributed by atoms with Crippen molar-refractivity contribution < 1.29 is 14.3 Å². The van der Waals surface area contributed by atoms with Gasteiger partial charge in [-0.3, -0.25) is 4.79 Å². The van der Waals surface area contributed by atoms with Crippen LogP contribution in [0.3, 0.4) is 0 Å². The Morgan fingerprint density at radius 2 is 2.00 bits per heavy atom. The van der Waals surface area contributed by atoms with Crippen LogP contribution in [0.1, 0.15) is 26.2 Å². The SMILES string of the molecule is C=CC(CC)C(=O)[C@@H](NC(=O)N1CCNCC1)C1CCOCC1. The lowest BCUT2D eigenvalue weighted by Crippen LogP contribution is -2.56. The molecular weight excluding hydrogens is 294 g/mol. The number of rotatable bonds is 6. The molecule has 2 fully saturated rings. The van der Waals surface area contributed by atoms with Crippen molar-refractivity contribution in [2.45, 2.75) is 32.2 Å². The highest BCUT2D eigenvalue weighted by molar-refractivity contribution is 5.91. The maximum Gasteiger partial charge on any atom is 0.318 e. The average Bonchev–Trinajstić information content (AvgIpc) is 2.62. The van der Waals surface area contributed by atoms with E-state index in [2.05, 4.69) is 17.2 Å². The Hall–Kier alpha value is -1.40. The molecule has 0 aromatic heterocycles. The first kappa shape index (κ1) is 17.9. The Bertz CT molecular complexity index is 415. The van der Waals surface area contributed by atoms with Gasteiger partial charge in [0.1, 0.15) is 0 Å². The van der Waals surface area contributed by atoms with E-state index in [0.29, 0.717) is 32.7 Å². The number of nitrogens with zero attached hydrogens (tertiary/aromatic N) is 1. The highest BCUT2D eigenvalue weighted by Crippen LogP contribution is 2.23. The largest absolute Gasteiger partial charge is 0.381 e. The summed E-state index contributed by atoms with van der Waals surface area (Å²) in [5, 5.41) is 6.24. The number of nitrogens with one attached hydrogen (secondary N) is 2. The van der Waals surface area contributed by atoms with Crippen LogP contribution in [0.5, 0.6) is 0 Å². The third-order valence-corrected chi connectivity index (χ3v) is 4.82. The van der Waals surface area contributed by atoms with E-state index in [4.69, 9.17) is 4.74 Å². The Labute approximate surface area is 138 Å². The summed E-state index contributed by atoms with van der Waals surface area (Å²) in [7, 11) is 0. The smallest absolute Gasteiger partial charge is 0.318 e. The molecule has 0 bridgehead atoms. The van der Waals surface area contributed by atoms with Crippen LogP contribution in [0, 0.1) is 11.8 Å². The van der Waals surface area contributed by atoms with Crippen LogP contribution in [0.25, 0.3) is 0 Å². The topological polar surface area (TPSA) is 70.7 Å². The number of hydrogen-bond donors (Lipinski definition) is 2. The molecule has 2 rings (SSSR count). The minimum atomic E-state index is -0.441. The molecule has 2 atom stereocenters. The number of urea groups is 1. The molecule has 0 saturated carbocycles. The minimum Gasteiger partial charge on any atom is -0.381 e. The summed E-state index contributed by atoms with van der Waals surface area (Å²) < 4.78 is 5.40. The van der Waals surface area contributed by atoms with Gasteiger partial charge < -0.3 is 20.3 Å². The molecule has 130 valence electrons. The number of carbonyl (C=O) groups is 2. The molecule has 2 amide bonds. The quantitative estimate of drug-likeness (QED) is 0.720. The van der Waals surface area contributed by atoms with Gasteiger partial charge >= 0.3 is 6.03 Å². The molecule has 2 N–H and O–H groups in total. The predicted octanol–water partition coefficient (Wildman–Crippen LogP) is 1.18.